The predicted molar refractivity (Wildman–Crippen MR) is 65.7 cm³/mol. The minimum absolute atomic E-state index is 0.175. The average molecular weight is 275 g/mol. The minimum Gasteiger partial charge on any atom is -0.342 e. The zero-order valence-electron chi connectivity index (χ0n) is 7.93. The Morgan fingerprint density at radius 2 is 1.69 bits per heavy atom. The monoisotopic (exact) mass is 273 g/mol. The Kier molecular flexibility index (Phi) is 3.24. The minimum atomic E-state index is -0.175. The van der Waals surface area contributed by atoms with Gasteiger partial charge in [-0.15, -0.1) is 0 Å². The second-order valence-electron chi connectivity index (χ2n) is 3.18. The molecule has 0 atom stereocenters. The van der Waals surface area contributed by atoms with E-state index in [2.05, 4.69) is 4.98 Å². The van der Waals surface area contributed by atoms with Gasteiger partial charge >= 0.3 is 0 Å². The highest BCUT2D eigenvalue weighted by Gasteiger charge is 2.13. The van der Waals surface area contributed by atoms with Crippen LogP contribution < -0.4 is 0 Å². The van der Waals surface area contributed by atoms with Crippen molar-refractivity contribution in [3.63, 3.8) is 0 Å². The van der Waals surface area contributed by atoms with E-state index in [0.29, 0.717) is 21.3 Å². The number of hydrogen-bond acceptors (Lipinski definition) is 1. The van der Waals surface area contributed by atoms with Crippen LogP contribution >= 0.6 is 34.8 Å². The van der Waals surface area contributed by atoms with E-state index in [9.17, 15) is 4.79 Å². The van der Waals surface area contributed by atoms with Crippen LogP contribution in [0.5, 0.6) is 0 Å². The van der Waals surface area contributed by atoms with Crippen molar-refractivity contribution in [2.45, 2.75) is 0 Å². The van der Waals surface area contributed by atoms with E-state index in [4.69, 9.17) is 34.8 Å². The third kappa shape index (κ3) is 2.24. The number of aromatic nitrogens is 1. The van der Waals surface area contributed by atoms with Gasteiger partial charge in [0.05, 0.1) is 10.7 Å². The molecule has 1 heterocycles. The predicted octanol–water partition coefficient (Wildman–Crippen LogP) is 4.21. The van der Waals surface area contributed by atoms with E-state index >= 15 is 0 Å². The maximum Gasteiger partial charge on any atom is 0.209 e. The number of carbonyl (C=O) groups is 1. The van der Waals surface area contributed by atoms with Crippen molar-refractivity contribution >= 4 is 40.6 Å². The van der Waals surface area contributed by atoms with Gasteiger partial charge in [-0.25, -0.2) is 0 Å². The van der Waals surface area contributed by atoms with Crippen molar-refractivity contribution in [2.24, 2.45) is 0 Å². The zero-order valence-corrected chi connectivity index (χ0v) is 10.2. The van der Waals surface area contributed by atoms with Crippen molar-refractivity contribution in [1.29, 1.82) is 0 Å². The van der Waals surface area contributed by atoms with Crippen molar-refractivity contribution in [3.05, 3.63) is 56.8 Å². The van der Waals surface area contributed by atoms with E-state index in [1.54, 1.807) is 24.3 Å². The Morgan fingerprint density at radius 1 is 1.06 bits per heavy atom. The highest BCUT2D eigenvalue weighted by molar-refractivity contribution is 6.41. The Bertz CT molecular complexity index is 511. The fourth-order valence-corrected chi connectivity index (χ4v) is 1.72. The van der Waals surface area contributed by atoms with Gasteiger partial charge in [-0.1, -0.05) is 34.8 Å². The molecule has 2 aromatic rings. The van der Waals surface area contributed by atoms with Crippen LogP contribution in [0.1, 0.15) is 16.1 Å². The molecule has 1 aromatic carbocycles. The number of benzene rings is 1. The summed E-state index contributed by atoms with van der Waals surface area (Å²) in [6.45, 7) is 0. The lowest BCUT2D eigenvalue weighted by Crippen LogP contribution is -2.00. The summed E-state index contributed by atoms with van der Waals surface area (Å²) >= 11 is 17.2. The standard InChI is InChI=1S/C11H6Cl3NO/c12-7-3-1-6(2-4-7)10(16)9-5-8(13)11(14)15-9/h1-5,15H. The Hall–Kier alpha value is -0.960. The Balaban J connectivity index is 2.35. The first-order valence-corrected chi connectivity index (χ1v) is 5.55. The molecule has 0 fully saturated rings. The summed E-state index contributed by atoms with van der Waals surface area (Å²) in [5, 5.41) is 1.18. The van der Waals surface area contributed by atoms with Crippen molar-refractivity contribution in [1.82, 2.24) is 4.98 Å². The molecule has 0 saturated heterocycles. The summed E-state index contributed by atoms with van der Waals surface area (Å²) in [6.07, 6.45) is 0. The molecule has 5 heteroatoms. The Morgan fingerprint density at radius 3 is 2.19 bits per heavy atom. The van der Waals surface area contributed by atoms with E-state index in [0.717, 1.165) is 0 Å². The summed E-state index contributed by atoms with van der Waals surface area (Å²) in [6, 6.07) is 8.10. The van der Waals surface area contributed by atoms with Gasteiger partial charge in [0.25, 0.3) is 0 Å². The first-order chi connectivity index (χ1) is 7.58. The van der Waals surface area contributed by atoms with Crippen molar-refractivity contribution in [3.8, 4) is 0 Å². The molecule has 1 aromatic heterocycles. The molecule has 0 aliphatic heterocycles. The van der Waals surface area contributed by atoms with Gasteiger partial charge in [-0.05, 0) is 30.3 Å². The molecule has 0 aliphatic carbocycles. The van der Waals surface area contributed by atoms with Crippen molar-refractivity contribution < 1.29 is 4.79 Å². The molecule has 0 unspecified atom stereocenters. The van der Waals surface area contributed by atoms with Gasteiger partial charge in [-0.3, -0.25) is 4.79 Å². The number of halogens is 3. The van der Waals surface area contributed by atoms with E-state index in [1.165, 1.54) is 6.07 Å². The first-order valence-electron chi connectivity index (χ1n) is 4.42. The van der Waals surface area contributed by atoms with Gasteiger partial charge in [0, 0.05) is 10.6 Å². The largest absolute Gasteiger partial charge is 0.342 e. The molecule has 1 N–H and O–H groups in total. The number of aromatic amines is 1. The highest BCUT2D eigenvalue weighted by atomic mass is 35.5. The number of ketones is 1. The first kappa shape index (κ1) is 11.5. The second kappa shape index (κ2) is 4.50. The molecule has 0 saturated carbocycles. The van der Waals surface area contributed by atoms with Crippen LogP contribution in [0.25, 0.3) is 0 Å². The molecular formula is C11H6Cl3NO. The lowest BCUT2D eigenvalue weighted by Gasteiger charge is -1.98. The number of nitrogens with one attached hydrogen (secondary N) is 1. The molecule has 0 amide bonds. The smallest absolute Gasteiger partial charge is 0.209 e. The third-order valence-electron chi connectivity index (χ3n) is 2.08. The van der Waals surface area contributed by atoms with Gasteiger partial charge in [0.1, 0.15) is 5.15 Å². The highest BCUT2D eigenvalue weighted by Crippen LogP contribution is 2.23. The van der Waals surface area contributed by atoms with Crippen LogP contribution in [0.15, 0.2) is 30.3 Å². The summed E-state index contributed by atoms with van der Waals surface area (Å²) < 4.78 is 0. The normalized spacial score (nSPS) is 10.4. The summed E-state index contributed by atoms with van der Waals surface area (Å²) in [5.41, 5.74) is 0.885. The number of rotatable bonds is 2. The lowest BCUT2D eigenvalue weighted by molar-refractivity contribution is 0.103. The summed E-state index contributed by atoms with van der Waals surface area (Å²) in [4.78, 5) is 14.6. The van der Waals surface area contributed by atoms with Crippen LogP contribution in [0.2, 0.25) is 15.2 Å². The van der Waals surface area contributed by atoms with Crippen LogP contribution in [-0.4, -0.2) is 10.8 Å². The van der Waals surface area contributed by atoms with Crippen LogP contribution in [-0.2, 0) is 0 Å². The SMILES string of the molecule is O=C(c1ccc(Cl)cc1)c1cc(Cl)c(Cl)[nH]1. The van der Waals surface area contributed by atoms with Gasteiger partial charge in [-0.2, -0.15) is 0 Å². The Labute approximate surface area is 107 Å². The average Bonchev–Trinajstić information content (AvgIpc) is 2.59. The molecule has 0 aliphatic rings. The molecular weight excluding hydrogens is 268 g/mol. The fraction of sp³-hybridized carbons (Fsp3) is 0. The molecule has 2 rings (SSSR count). The van der Waals surface area contributed by atoms with E-state index in [-0.39, 0.29) is 10.9 Å². The third-order valence-corrected chi connectivity index (χ3v) is 3.02. The maximum atomic E-state index is 11.9. The molecule has 2 nitrogen and oxygen atoms in total. The van der Waals surface area contributed by atoms with Gasteiger partial charge in [0.2, 0.25) is 5.78 Å². The topological polar surface area (TPSA) is 32.9 Å². The molecule has 0 radical (unpaired) electrons. The van der Waals surface area contributed by atoms with E-state index in [1.807, 2.05) is 0 Å². The zero-order chi connectivity index (χ0) is 11.7. The molecule has 0 bridgehead atoms. The molecule has 16 heavy (non-hydrogen) atoms. The second-order valence-corrected chi connectivity index (χ2v) is 4.40. The number of hydrogen-bond donors (Lipinski definition) is 1. The molecule has 0 spiro atoms. The fourth-order valence-electron chi connectivity index (χ4n) is 1.28. The van der Waals surface area contributed by atoms with Crippen LogP contribution in [0, 0.1) is 0 Å². The van der Waals surface area contributed by atoms with E-state index < -0.39 is 0 Å². The maximum absolute atomic E-state index is 11.9. The van der Waals surface area contributed by atoms with Gasteiger partial charge in [0.15, 0.2) is 0 Å². The van der Waals surface area contributed by atoms with Crippen molar-refractivity contribution in [2.75, 3.05) is 0 Å². The quantitative estimate of drug-likeness (QED) is 0.818. The van der Waals surface area contributed by atoms with Crippen LogP contribution in [0.3, 0.4) is 0 Å². The van der Waals surface area contributed by atoms with Crippen LogP contribution in [0.4, 0.5) is 0 Å². The number of H-pyrrole nitrogens is 1. The van der Waals surface area contributed by atoms with Gasteiger partial charge < -0.3 is 4.98 Å². The summed E-state index contributed by atoms with van der Waals surface area (Å²) in [5.74, 6) is -0.175. The lowest BCUT2D eigenvalue weighted by atomic mass is 10.1. The summed E-state index contributed by atoms with van der Waals surface area (Å²) in [7, 11) is 0. The molecule has 82 valence electrons. The number of carbonyl (C=O) groups excluding carboxylic acids is 1.